The molecular formula is C20H25N3O4S. The van der Waals surface area contributed by atoms with Crippen LogP contribution in [0.3, 0.4) is 0 Å². The Morgan fingerprint density at radius 3 is 2.50 bits per heavy atom. The van der Waals surface area contributed by atoms with Crippen LogP contribution in [0.15, 0.2) is 47.6 Å². The number of sulfonamides is 1. The number of carbonyl (C=O) groups is 1. The Morgan fingerprint density at radius 2 is 1.86 bits per heavy atom. The molecule has 1 aromatic carbocycles. The summed E-state index contributed by atoms with van der Waals surface area (Å²) in [5, 5.41) is 2.88. The molecule has 0 radical (unpaired) electrons. The quantitative estimate of drug-likeness (QED) is 0.741. The van der Waals surface area contributed by atoms with Crippen molar-refractivity contribution >= 4 is 15.9 Å². The van der Waals surface area contributed by atoms with Crippen molar-refractivity contribution in [2.75, 3.05) is 7.11 Å². The summed E-state index contributed by atoms with van der Waals surface area (Å²) in [6.07, 6.45) is 6.99. The standard InChI is InChI=1S/C20H25N3O4S/c1-14(15-9-11-21-12-10-15)22-20(24)16-7-8-18(27-2)19(13-16)28(25,26)23-17-5-3-4-6-17/h7-14,17,23H,3-6H2,1-2H3,(H,22,24)/t14-/m1/s1. The van der Waals surface area contributed by atoms with Gasteiger partial charge < -0.3 is 10.1 Å². The number of ether oxygens (including phenoxy) is 1. The van der Waals surface area contributed by atoms with Gasteiger partial charge in [-0.1, -0.05) is 12.8 Å². The lowest BCUT2D eigenvalue weighted by Crippen LogP contribution is -2.33. The molecule has 0 unspecified atom stereocenters. The number of nitrogens with one attached hydrogen (secondary N) is 2. The number of aromatic nitrogens is 1. The Hall–Kier alpha value is -2.45. The van der Waals surface area contributed by atoms with Crippen LogP contribution in [0.5, 0.6) is 5.75 Å². The lowest BCUT2D eigenvalue weighted by Gasteiger charge is -2.17. The van der Waals surface area contributed by atoms with Crippen LogP contribution >= 0.6 is 0 Å². The van der Waals surface area contributed by atoms with Crippen LogP contribution < -0.4 is 14.8 Å². The maximum absolute atomic E-state index is 12.9. The molecule has 1 aliphatic carbocycles. The second-order valence-electron chi connectivity index (χ2n) is 6.94. The average Bonchev–Trinajstić information content (AvgIpc) is 3.20. The summed E-state index contributed by atoms with van der Waals surface area (Å²) < 4.78 is 33.7. The Balaban J connectivity index is 1.82. The minimum atomic E-state index is -3.79. The predicted molar refractivity (Wildman–Crippen MR) is 106 cm³/mol. The minimum Gasteiger partial charge on any atom is -0.495 e. The summed E-state index contributed by atoms with van der Waals surface area (Å²) in [4.78, 5) is 16.6. The molecule has 28 heavy (non-hydrogen) atoms. The van der Waals surface area contributed by atoms with E-state index in [0.29, 0.717) is 0 Å². The molecule has 0 aliphatic heterocycles. The van der Waals surface area contributed by atoms with Gasteiger partial charge in [-0.15, -0.1) is 0 Å². The van der Waals surface area contributed by atoms with E-state index in [1.165, 1.54) is 19.2 Å². The fourth-order valence-electron chi connectivity index (χ4n) is 3.37. The first kappa shape index (κ1) is 20.3. The summed E-state index contributed by atoms with van der Waals surface area (Å²) in [6.45, 7) is 1.86. The molecule has 1 amide bonds. The van der Waals surface area contributed by atoms with Crippen molar-refractivity contribution in [3.63, 3.8) is 0 Å². The molecule has 0 saturated heterocycles. The first-order valence-corrected chi connectivity index (χ1v) is 10.8. The van der Waals surface area contributed by atoms with Gasteiger partial charge in [-0.3, -0.25) is 9.78 Å². The molecule has 0 spiro atoms. The number of methoxy groups -OCH3 is 1. The number of pyridine rings is 1. The smallest absolute Gasteiger partial charge is 0.251 e. The third kappa shape index (κ3) is 4.69. The highest BCUT2D eigenvalue weighted by molar-refractivity contribution is 7.89. The Labute approximate surface area is 165 Å². The van der Waals surface area contributed by atoms with Crippen LogP contribution in [-0.4, -0.2) is 32.5 Å². The van der Waals surface area contributed by atoms with E-state index in [2.05, 4.69) is 15.0 Å². The zero-order chi connectivity index (χ0) is 20.1. The van der Waals surface area contributed by atoms with E-state index < -0.39 is 10.0 Å². The molecule has 1 aliphatic rings. The van der Waals surface area contributed by atoms with Crippen molar-refractivity contribution in [2.24, 2.45) is 0 Å². The number of carbonyl (C=O) groups excluding carboxylic acids is 1. The molecule has 1 saturated carbocycles. The highest BCUT2D eigenvalue weighted by Crippen LogP contribution is 2.27. The van der Waals surface area contributed by atoms with Crippen molar-refractivity contribution in [1.82, 2.24) is 15.0 Å². The first-order chi connectivity index (χ1) is 13.4. The average molecular weight is 404 g/mol. The molecule has 1 heterocycles. The van der Waals surface area contributed by atoms with Gasteiger partial charge >= 0.3 is 0 Å². The summed E-state index contributed by atoms with van der Waals surface area (Å²) in [7, 11) is -2.37. The van der Waals surface area contributed by atoms with Crippen molar-refractivity contribution in [3.05, 3.63) is 53.9 Å². The minimum absolute atomic E-state index is 0.0221. The number of rotatable bonds is 7. The first-order valence-electron chi connectivity index (χ1n) is 9.32. The van der Waals surface area contributed by atoms with E-state index >= 15 is 0 Å². The van der Waals surface area contributed by atoms with Crippen LogP contribution in [0.4, 0.5) is 0 Å². The third-order valence-corrected chi connectivity index (χ3v) is 6.49. The van der Waals surface area contributed by atoms with Gasteiger partial charge in [-0.25, -0.2) is 13.1 Å². The molecule has 150 valence electrons. The van der Waals surface area contributed by atoms with Crippen LogP contribution in [0, 0.1) is 0 Å². The fourth-order valence-corrected chi connectivity index (χ4v) is 4.87. The number of hydrogen-bond donors (Lipinski definition) is 2. The van der Waals surface area contributed by atoms with Gasteiger partial charge in [0.25, 0.3) is 5.91 Å². The van der Waals surface area contributed by atoms with E-state index in [-0.39, 0.29) is 34.2 Å². The second-order valence-corrected chi connectivity index (χ2v) is 8.63. The molecular weight excluding hydrogens is 378 g/mol. The number of hydrogen-bond acceptors (Lipinski definition) is 5. The summed E-state index contributed by atoms with van der Waals surface area (Å²) in [5.74, 6) is -0.145. The molecule has 1 fully saturated rings. The monoisotopic (exact) mass is 403 g/mol. The number of benzene rings is 1. The molecule has 2 aromatic rings. The van der Waals surface area contributed by atoms with Crippen molar-refractivity contribution < 1.29 is 17.9 Å². The van der Waals surface area contributed by atoms with Gasteiger partial charge in [0.05, 0.1) is 13.2 Å². The van der Waals surface area contributed by atoms with Crippen LogP contribution in [-0.2, 0) is 10.0 Å². The number of nitrogens with zero attached hydrogens (tertiary/aromatic N) is 1. The second kappa shape index (κ2) is 8.70. The SMILES string of the molecule is COc1ccc(C(=O)N[C@H](C)c2ccncc2)cc1S(=O)(=O)NC1CCCC1. The highest BCUT2D eigenvalue weighted by Gasteiger charge is 2.26. The molecule has 2 N–H and O–H groups in total. The van der Waals surface area contributed by atoms with Gasteiger partial charge in [0.15, 0.2) is 0 Å². The summed E-state index contributed by atoms with van der Waals surface area (Å²) >= 11 is 0. The maximum Gasteiger partial charge on any atom is 0.251 e. The lowest BCUT2D eigenvalue weighted by atomic mass is 10.1. The van der Waals surface area contributed by atoms with Crippen molar-refractivity contribution in [3.8, 4) is 5.75 Å². The van der Waals surface area contributed by atoms with Gasteiger partial charge in [-0.2, -0.15) is 0 Å². The topological polar surface area (TPSA) is 97.4 Å². The normalized spacial score (nSPS) is 15.9. The van der Waals surface area contributed by atoms with Gasteiger partial charge in [0.1, 0.15) is 10.6 Å². The molecule has 0 bridgehead atoms. The predicted octanol–water partition coefficient (Wildman–Crippen LogP) is 2.80. The lowest BCUT2D eigenvalue weighted by molar-refractivity contribution is 0.0939. The summed E-state index contributed by atoms with van der Waals surface area (Å²) in [6, 6.07) is 7.76. The van der Waals surface area contributed by atoms with Crippen molar-refractivity contribution in [2.45, 2.75) is 49.6 Å². The zero-order valence-electron chi connectivity index (χ0n) is 16.0. The molecule has 8 heteroatoms. The maximum atomic E-state index is 12.9. The van der Waals surface area contributed by atoms with Gasteiger partial charge in [0, 0.05) is 24.0 Å². The van der Waals surface area contributed by atoms with Gasteiger partial charge in [0.2, 0.25) is 10.0 Å². The highest BCUT2D eigenvalue weighted by atomic mass is 32.2. The Bertz CT molecular complexity index is 926. The van der Waals surface area contributed by atoms with Crippen LogP contribution in [0.2, 0.25) is 0 Å². The van der Waals surface area contributed by atoms with Gasteiger partial charge in [-0.05, 0) is 55.7 Å². The van der Waals surface area contributed by atoms with E-state index in [4.69, 9.17) is 4.74 Å². The molecule has 7 nitrogen and oxygen atoms in total. The Kier molecular flexibility index (Phi) is 6.31. The largest absolute Gasteiger partial charge is 0.495 e. The Morgan fingerprint density at radius 1 is 1.18 bits per heavy atom. The van der Waals surface area contributed by atoms with E-state index in [1.807, 2.05) is 19.1 Å². The van der Waals surface area contributed by atoms with E-state index in [9.17, 15) is 13.2 Å². The molecule has 1 atom stereocenters. The van der Waals surface area contributed by atoms with Crippen LogP contribution in [0.1, 0.15) is 54.6 Å². The van der Waals surface area contributed by atoms with E-state index in [0.717, 1.165) is 31.2 Å². The zero-order valence-corrected chi connectivity index (χ0v) is 16.8. The van der Waals surface area contributed by atoms with Crippen molar-refractivity contribution in [1.29, 1.82) is 0 Å². The molecule has 3 rings (SSSR count). The number of amides is 1. The third-order valence-electron chi connectivity index (χ3n) is 4.95. The fraction of sp³-hybridized carbons (Fsp3) is 0.400. The van der Waals surface area contributed by atoms with Crippen LogP contribution in [0.25, 0.3) is 0 Å². The molecule has 1 aromatic heterocycles. The summed E-state index contributed by atoms with van der Waals surface area (Å²) in [5.41, 5.74) is 1.17. The van der Waals surface area contributed by atoms with E-state index in [1.54, 1.807) is 18.5 Å².